The highest BCUT2D eigenvalue weighted by Crippen LogP contribution is 2.25. The van der Waals surface area contributed by atoms with Crippen LogP contribution in [0, 0.1) is 0 Å². The van der Waals surface area contributed by atoms with E-state index in [1.54, 1.807) is 17.1 Å². The lowest BCUT2D eigenvalue weighted by Gasteiger charge is -2.08. The van der Waals surface area contributed by atoms with Crippen molar-refractivity contribution < 1.29 is 15.0 Å². The van der Waals surface area contributed by atoms with E-state index in [2.05, 4.69) is 15.6 Å². The van der Waals surface area contributed by atoms with Crippen molar-refractivity contribution in [2.75, 3.05) is 6.54 Å². The van der Waals surface area contributed by atoms with Crippen molar-refractivity contribution in [3.8, 4) is 11.5 Å². The number of phenols is 2. The first kappa shape index (κ1) is 12.9. The largest absolute Gasteiger partial charge is 0.507 e. The van der Waals surface area contributed by atoms with E-state index in [9.17, 15) is 15.0 Å². The van der Waals surface area contributed by atoms with Crippen LogP contribution in [-0.2, 0) is 6.54 Å². The summed E-state index contributed by atoms with van der Waals surface area (Å²) >= 11 is 0. The van der Waals surface area contributed by atoms with Gasteiger partial charge in [0.15, 0.2) is 0 Å². The van der Waals surface area contributed by atoms with E-state index in [-0.39, 0.29) is 17.1 Å². The number of nitrogens with zero attached hydrogens (tertiary/aromatic N) is 3. The minimum absolute atomic E-state index is 0.108. The number of carbonyl (C=O) groups is 1. The van der Waals surface area contributed by atoms with Gasteiger partial charge in [-0.1, -0.05) is 11.3 Å². The first-order chi connectivity index (χ1) is 9.18. The molecule has 0 aliphatic heterocycles. The number of rotatable bonds is 5. The molecule has 7 nitrogen and oxygen atoms in total. The zero-order valence-electron chi connectivity index (χ0n) is 10.2. The molecule has 19 heavy (non-hydrogen) atoms. The minimum atomic E-state index is -0.505. The highest BCUT2D eigenvalue weighted by molar-refractivity contribution is 5.99. The van der Waals surface area contributed by atoms with Gasteiger partial charge in [-0.2, -0.15) is 0 Å². The van der Waals surface area contributed by atoms with Crippen LogP contribution in [-0.4, -0.2) is 37.7 Å². The van der Waals surface area contributed by atoms with Crippen molar-refractivity contribution in [2.45, 2.75) is 13.0 Å². The summed E-state index contributed by atoms with van der Waals surface area (Å²) in [6.45, 7) is 1.04. The maximum atomic E-state index is 11.8. The molecule has 1 heterocycles. The Kier molecular flexibility index (Phi) is 3.97. The van der Waals surface area contributed by atoms with E-state index >= 15 is 0 Å². The summed E-state index contributed by atoms with van der Waals surface area (Å²) < 4.78 is 1.66. The van der Waals surface area contributed by atoms with Gasteiger partial charge in [-0.3, -0.25) is 9.48 Å². The van der Waals surface area contributed by atoms with E-state index in [0.29, 0.717) is 19.5 Å². The molecule has 0 aliphatic carbocycles. The Bertz CT molecular complexity index is 534. The van der Waals surface area contributed by atoms with Gasteiger partial charge in [-0.25, -0.2) is 0 Å². The number of aryl methyl sites for hydroxylation is 1. The van der Waals surface area contributed by atoms with Crippen molar-refractivity contribution in [3.63, 3.8) is 0 Å². The van der Waals surface area contributed by atoms with Crippen molar-refractivity contribution in [3.05, 3.63) is 36.2 Å². The van der Waals surface area contributed by atoms with Gasteiger partial charge in [0.1, 0.15) is 17.1 Å². The summed E-state index contributed by atoms with van der Waals surface area (Å²) in [5, 5.41) is 29.1. The van der Waals surface area contributed by atoms with Gasteiger partial charge in [-0.15, -0.1) is 5.10 Å². The quantitative estimate of drug-likeness (QED) is 0.682. The number of aromatic nitrogens is 3. The van der Waals surface area contributed by atoms with Crippen LogP contribution in [0.5, 0.6) is 11.5 Å². The van der Waals surface area contributed by atoms with E-state index in [1.807, 2.05) is 0 Å². The summed E-state index contributed by atoms with van der Waals surface area (Å²) in [6.07, 6.45) is 3.98. The fourth-order valence-electron chi connectivity index (χ4n) is 1.64. The van der Waals surface area contributed by atoms with Crippen LogP contribution in [0.4, 0.5) is 0 Å². The Balaban J connectivity index is 1.84. The molecule has 2 rings (SSSR count). The Morgan fingerprint density at radius 3 is 2.68 bits per heavy atom. The molecule has 0 aliphatic rings. The molecule has 0 fully saturated rings. The highest BCUT2D eigenvalue weighted by atomic mass is 16.3. The Hall–Kier alpha value is -2.57. The first-order valence-corrected chi connectivity index (χ1v) is 5.81. The molecule has 1 aromatic carbocycles. The van der Waals surface area contributed by atoms with Crippen molar-refractivity contribution >= 4 is 5.91 Å². The molecule has 0 saturated heterocycles. The van der Waals surface area contributed by atoms with Gasteiger partial charge >= 0.3 is 0 Å². The Labute approximate surface area is 109 Å². The van der Waals surface area contributed by atoms with Crippen LogP contribution in [0.15, 0.2) is 30.6 Å². The molecule has 1 aromatic heterocycles. The maximum absolute atomic E-state index is 11.8. The second-order valence-corrected chi connectivity index (χ2v) is 3.95. The second-order valence-electron chi connectivity index (χ2n) is 3.95. The smallest absolute Gasteiger partial charge is 0.258 e. The lowest BCUT2D eigenvalue weighted by Crippen LogP contribution is -2.25. The van der Waals surface area contributed by atoms with Crippen molar-refractivity contribution in [1.82, 2.24) is 20.3 Å². The van der Waals surface area contributed by atoms with Crippen LogP contribution in [0.2, 0.25) is 0 Å². The van der Waals surface area contributed by atoms with Gasteiger partial charge < -0.3 is 15.5 Å². The first-order valence-electron chi connectivity index (χ1n) is 5.81. The number of amides is 1. The van der Waals surface area contributed by atoms with Crippen molar-refractivity contribution in [1.29, 1.82) is 0 Å². The Morgan fingerprint density at radius 2 is 2.05 bits per heavy atom. The number of hydrogen-bond donors (Lipinski definition) is 3. The molecule has 0 spiro atoms. The summed E-state index contributed by atoms with van der Waals surface area (Å²) in [7, 11) is 0. The number of hydrogen-bond acceptors (Lipinski definition) is 5. The van der Waals surface area contributed by atoms with E-state index in [0.717, 1.165) is 0 Å². The average Bonchev–Trinajstić information content (AvgIpc) is 2.87. The molecule has 0 atom stereocenters. The van der Waals surface area contributed by atoms with E-state index < -0.39 is 5.91 Å². The molecular weight excluding hydrogens is 248 g/mol. The van der Waals surface area contributed by atoms with Gasteiger partial charge in [-0.05, 0) is 18.6 Å². The molecule has 2 aromatic rings. The lowest BCUT2D eigenvalue weighted by atomic mass is 10.1. The van der Waals surface area contributed by atoms with Crippen LogP contribution in [0.25, 0.3) is 0 Å². The molecule has 0 saturated carbocycles. The van der Waals surface area contributed by atoms with Crippen LogP contribution in [0.3, 0.4) is 0 Å². The molecular formula is C12H14N4O3. The summed E-state index contributed by atoms with van der Waals surface area (Å²) in [6, 6.07) is 4.17. The van der Waals surface area contributed by atoms with Crippen LogP contribution >= 0.6 is 0 Å². The molecule has 100 valence electrons. The van der Waals surface area contributed by atoms with Gasteiger partial charge in [0, 0.05) is 19.3 Å². The molecule has 3 N–H and O–H groups in total. The normalized spacial score (nSPS) is 10.3. The van der Waals surface area contributed by atoms with E-state index in [4.69, 9.17) is 0 Å². The molecule has 7 heteroatoms. The van der Waals surface area contributed by atoms with Crippen LogP contribution < -0.4 is 5.32 Å². The summed E-state index contributed by atoms with van der Waals surface area (Å²) in [5.41, 5.74) is -0.108. The van der Waals surface area contributed by atoms with Crippen LogP contribution in [0.1, 0.15) is 16.8 Å². The van der Waals surface area contributed by atoms with E-state index in [1.165, 1.54) is 18.2 Å². The fourth-order valence-corrected chi connectivity index (χ4v) is 1.64. The van der Waals surface area contributed by atoms with Gasteiger partial charge in [0.2, 0.25) is 0 Å². The highest BCUT2D eigenvalue weighted by Gasteiger charge is 2.14. The number of benzene rings is 1. The second kappa shape index (κ2) is 5.85. The van der Waals surface area contributed by atoms with Gasteiger partial charge in [0.05, 0.1) is 6.20 Å². The zero-order valence-corrected chi connectivity index (χ0v) is 10.2. The molecule has 1 amide bonds. The van der Waals surface area contributed by atoms with Crippen molar-refractivity contribution in [2.24, 2.45) is 0 Å². The standard InChI is InChI=1S/C12H14N4O3/c17-9-3-1-4-10(18)11(9)12(19)13-5-2-7-16-8-6-14-15-16/h1,3-4,6,8,17-18H,2,5,7H2,(H,13,19). The number of aromatic hydroxyl groups is 2. The minimum Gasteiger partial charge on any atom is -0.507 e. The predicted molar refractivity (Wildman–Crippen MR) is 66.7 cm³/mol. The molecule has 0 unspecified atom stereocenters. The third-order valence-electron chi connectivity index (χ3n) is 2.57. The van der Waals surface area contributed by atoms with Gasteiger partial charge in [0.25, 0.3) is 5.91 Å². The third kappa shape index (κ3) is 3.21. The topological polar surface area (TPSA) is 100 Å². The number of phenolic OH excluding ortho intramolecular Hbond substituents is 2. The SMILES string of the molecule is O=C(NCCCn1ccnn1)c1c(O)cccc1O. The lowest BCUT2D eigenvalue weighted by molar-refractivity contribution is 0.0947. The summed E-state index contributed by atoms with van der Waals surface area (Å²) in [4.78, 5) is 11.8. The maximum Gasteiger partial charge on any atom is 0.258 e. The Morgan fingerprint density at radius 1 is 1.32 bits per heavy atom. The summed E-state index contributed by atoms with van der Waals surface area (Å²) in [5.74, 6) is -0.989. The predicted octanol–water partition coefficient (Wildman–Crippen LogP) is 0.509. The number of nitrogens with one attached hydrogen (secondary N) is 1. The average molecular weight is 262 g/mol. The monoisotopic (exact) mass is 262 g/mol. The number of carbonyl (C=O) groups excluding carboxylic acids is 1. The zero-order chi connectivity index (χ0) is 13.7. The third-order valence-corrected chi connectivity index (χ3v) is 2.57. The molecule has 0 bridgehead atoms. The molecule has 0 radical (unpaired) electrons. The fraction of sp³-hybridized carbons (Fsp3) is 0.250.